The molecule has 0 saturated heterocycles. The molecule has 84 valence electrons. The second kappa shape index (κ2) is 5.12. The van der Waals surface area contributed by atoms with Crippen molar-refractivity contribution < 1.29 is 15.0 Å². The van der Waals surface area contributed by atoms with Crippen LogP contribution in [0.15, 0.2) is 24.3 Å². The lowest BCUT2D eigenvalue weighted by molar-refractivity contribution is -0.146. The minimum absolute atomic E-state index is 0.513. The first kappa shape index (κ1) is 12.0. The van der Waals surface area contributed by atoms with E-state index in [-0.39, 0.29) is 0 Å². The summed E-state index contributed by atoms with van der Waals surface area (Å²) in [5, 5.41) is 19.2. The highest BCUT2D eigenvalue weighted by atomic mass is 16.4. The van der Waals surface area contributed by atoms with Crippen molar-refractivity contribution >= 4 is 5.97 Å². The van der Waals surface area contributed by atoms with Crippen LogP contribution >= 0.6 is 0 Å². The summed E-state index contributed by atoms with van der Waals surface area (Å²) in [7, 11) is 0. The van der Waals surface area contributed by atoms with E-state index < -0.39 is 17.5 Å². The lowest BCUT2D eigenvalue weighted by atomic mass is 9.80. The Balaban J connectivity index is 2.66. The van der Waals surface area contributed by atoms with Crippen LogP contribution < -0.4 is 0 Å². The van der Waals surface area contributed by atoms with Crippen LogP contribution in [0.2, 0.25) is 0 Å². The van der Waals surface area contributed by atoms with Crippen LogP contribution in [0.4, 0.5) is 0 Å². The quantitative estimate of drug-likeness (QED) is 0.683. The van der Waals surface area contributed by atoms with Gasteiger partial charge in [-0.05, 0) is 6.42 Å². The molecule has 2 N–H and O–H groups in total. The van der Waals surface area contributed by atoms with Crippen molar-refractivity contribution in [2.45, 2.75) is 38.2 Å². The predicted molar refractivity (Wildman–Crippen MR) is 58.5 cm³/mol. The molecule has 0 fully saturated rings. The average molecular weight is 210 g/mol. The molecule has 3 nitrogen and oxygen atoms in total. The monoisotopic (exact) mass is 210 g/mol. The van der Waals surface area contributed by atoms with Gasteiger partial charge in [0.15, 0.2) is 0 Å². The number of carboxylic acids is 1. The maximum atomic E-state index is 11.0. The van der Waals surface area contributed by atoms with Gasteiger partial charge in [0.1, 0.15) is 5.92 Å². The van der Waals surface area contributed by atoms with Gasteiger partial charge in [-0.2, -0.15) is 0 Å². The molecular formula is C12H18O3. The van der Waals surface area contributed by atoms with Gasteiger partial charge in [0, 0.05) is 0 Å². The maximum absolute atomic E-state index is 11.0. The zero-order valence-electron chi connectivity index (χ0n) is 9.02. The number of hydrogen-bond acceptors (Lipinski definition) is 2. The van der Waals surface area contributed by atoms with Crippen LogP contribution in [-0.4, -0.2) is 21.8 Å². The van der Waals surface area contributed by atoms with E-state index in [2.05, 4.69) is 6.92 Å². The van der Waals surface area contributed by atoms with Crippen molar-refractivity contribution in [3.8, 4) is 0 Å². The highest BCUT2D eigenvalue weighted by Gasteiger charge is 2.38. The smallest absolute Gasteiger partial charge is 0.313 e. The molecule has 0 heterocycles. The molecule has 2 atom stereocenters. The van der Waals surface area contributed by atoms with Crippen molar-refractivity contribution in [2.24, 2.45) is 5.92 Å². The van der Waals surface area contributed by atoms with Gasteiger partial charge < -0.3 is 10.2 Å². The normalized spacial score (nSPS) is 29.3. The Kier molecular flexibility index (Phi) is 4.09. The lowest BCUT2D eigenvalue weighted by Crippen LogP contribution is -2.40. The van der Waals surface area contributed by atoms with E-state index in [0.717, 1.165) is 19.3 Å². The van der Waals surface area contributed by atoms with Gasteiger partial charge in [0.2, 0.25) is 0 Å². The molecule has 1 rings (SSSR count). The topological polar surface area (TPSA) is 57.5 Å². The van der Waals surface area contributed by atoms with Gasteiger partial charge in [0.05, 0.1) is 5.60 Å². The van der Waals surface area contributed by atoms with Crippen molar-refractivity contribution in [2.75, 3.05) is 0 Å². The molecular weight excluding hydrogens is 192 g/mol. The van der Waals surface area contributed by atoms with Gasteiger partial charge in [-0.15, -0.1) is 0 Å². The molecule has 3 heteroatoms. The minimum atomic E-state index is -1.20. The number of hydrogen-bond donors (Lipinski definition) is 2. The van der Waals surface area contributed by atoms with Crippen LogP contribution in [0.25, 0.3) is 0 Å². The summed E-state index contributed by atoms with van der Waals surface area (Å²) in [5.41, 5.74) is -1.20. The van der Waals surface area contributed by atoms with E-state index >= 15 is 0 Å². The van der Waals surface area contributed by atoms with Gasteiger partial charge in [-0.25, -0.2) is 0 Å². The Labute approximate surface area is 90.1 Å². The van der Waals surface area contributed by atoms with Crippen molar-refractivity contribution in [1.29, 1.82) is 0 Å². The second-order valence-electron chi connectivity index (χ2n) is 4.01. The number of rotatable bonds is 5. The molecule has 2 unspecified atom stereocenters. The van der Waals surface area contributed by atoms with Crippen molar-refractivity contribution in [3.05, 3.63) is 24.3 Å². The Bertz CT molecular complexity index is 281. The van der Waals surface area contributed by atoms with E-state index in [1.807, 2.05) is 0 Å². The van der Waals surface area contributed by atoms with Crippen molar-refractivity contribution in [3.63, 3.8) is 0 Å². The van der Waals surface area contributed by atoms with E-state index in [0.29, 0.717) is 6.42 Å². The highest BCUT2D eigenvalue weighted by Crippen LogP contribution is 2.30. The van der Waals surface area contributed by atoms with Gasteiger partial charge in [-0.1, -0.05) is 50.5 Å². The van der Waals surface area contributed by atoms with Gasteiger partial charge in [-0.3, -0.25) is 4.79 Å². The lowest BCUT2D eigenvalue weighted by Gasteiger charge is -2.31. The fraction of sp³-hybridized carbons (Fsp3) is 0.583. The standard InChI is InChI=1S/C12H18O3/c1-2-3-5-8-12(15)9-6-4-7-10(12)11(13)14/h4,6-7,9-10,15H,2-3,5,8H2,1H3,(H,13,14). The molecule has 0 spiro atoms. The molecule has 0 aromatic rings. The van der Waals surface area contributed by atoms with Crippen LogP contribution in [0.3, 0.4) is 0 Å². The number of unbranched alkanes of at least 4 members (excludes halogenated alkanes) is 2. The fourth-order valence-corrected chi connectivity index (χ4v) is 1.86. The molecule has 0 amide bonds. The zero-order chi connectivity index (χ0) is 11.3. The van der Waals surface area contributed by atoms with E-state index in [4.69, 9.17) is 5.11 Å². The third kappa shape index (κ3) is 2.93. The molecule has 0 aliphatic heterocycles. The van der Waals surface area contributed by atoms with Crippen LogP contribution in [0.5, 0.6) is 0 Å². The third-order valence-electron chi connectivity index (χ3n) is 2.78. The Hall–Kier alpha value is -1.09. The molecule has 0 aromatic heterocycles. The average Bonchev–Trinajstić information content (AvgIpc) is 2.18. The number of carbonyl (C=O) groups is 1. The summed E-state index contributed by atoms with van der Waals surface area (Å²) >= 11 is 0. The Morgan fingerprint density at radius 3 is 2.73 bits per heavy atom. The first-order valence-corrected chi connectivity index (χ1v) is 5.41. The summed E-state index contributed by atoms with van der Waals surface area (Å²) in [5.74, 6) is -1.77. The number of aliphatic hydroxyl groups is 1. The molecule has 0 radical (unpaired) electrons. The summed E-state index contributed by atoms with van der Waals surface area (Å²) < 4.78 is 0. The Morgan fingerprint density at radius 2 is 2.13 bits per heavy atom. The van der Waals surface area contributed by atoms with E-state index in [1.54, 1.807) is 24.3 Å². The van der Waals surface area contributed by atoms with Crippen LogP contribution in [0, 0.1) is 5.92 Å². The molecule has 15 heavy (non-hydrogen) atoms. The fourth-order valence-electron chi connectivity index (χ4n) is 1.86. The predicted octanol–water partition coefficient (Wildman–Crippen LogP) is 2.12. The first-order valence-electron chi connectivity index (χ1n) is 5.41. The van der Waals surface area contributed by atoms with E-state index in [1.165, 1.54) is 0 Å². The summed E-state index contributed by atoms with van der Waals surface area (Å²) in [6.07, 6.45) is 9.99. The number of allylic oxidation sites excluding steroid dienone is 2. The highest BCUT2D eigenvalue weighted by molar-refractivity contribution is 5.75. The molecule has 0 saturated carbocycles. The third-order valence-corrected chi connectivity index (χ3v) is 2.78. The molecule has 0 aromatic carbocycles. The number of carboxylic acid groups (broad SMARTS) is 1. The van der Waals surface area contributed by atoms with Crippen LogP contribution in [-0.2, 0) is 4.79 Å². The van der Waals surface area contributed by atoms with Crippen LogP contribution in [0.1, 0.15) is 32.6 Å². The molecule has 0 bridgehead atoms. The second-order valence-corrected chi connectivity index (χ2v) is 4.01. The van der Waals surface area contributed by atoms with Crippen molar-refractivity contribution in [1.82, 2.24) is 0 Å². The largest absolute Gasteiger partial charge is 0.481 e. The van der Waals surface area contributed by atoms with Gasteiger partial charge in [0.25, 0.3) is 0 Å². The van der Waals surface area contributed by atoms with Gasteiger partial charge >= 0.3 is 5.97 Å². The summed E-state index contributed by atoms with van der Waals surface area (Å²) in [6.45, 7) is 2.08. The zero-order valence-corrected chi connectivity index (χ0v) is 9.02. The summed E-state index contributed by atoms with van der Waals surface area (Å²) in [6, 6.07) is 0. The Morgan fingerprint density at radius 1 is 1.40 bits per heavy atom. The maximum Gasteiger partial charge on any atom is 0.313 e. The van der Waals surface area contributed by atoms with E-state index in [9.17, 15) is 9.90 Å². The first-order chi connectivity index (χ1) is 7.10. The number of aliphatic carboxylic acids is 1. The molecule has 1 aliphatic rings. The summed E-state index contributed by atoms with van der Waals surface area (Å²) in [4.78, 5) is 11.0. The molecule has 1 aliphatic carbocycles. The minimum Gasteiger partial charge on any atom is -0.481 e. The SMILES string of the molecule is CCCCCC1(O)C=CC=CC1C(=O)O.